The topological polar surface area (TPSA) is 98.7 Å². The summed E-state index contributed by atoms with van der Waals surface area (Å²) in [6.07, 6.45) is 7.10. The highest BCUT2D eigenvalue weighted by Gasteiger charge is 2.30. The molecule has 8 heteroatoms. The fraction of sp³-hybridized carbons (Fsp3) is 0.176. The molecule has 0 saturated heterocycles. The summed E-state index contributed by atoms with van der Waals surface area (Å²) in [5.74, 6) is 0.205. The second-order valence-corrected chi connectivity index (χ2v) is 5.72. The van der Waals surface area contributed by atoms with Crippen molar-refractivity contribution in [1.29, 1.82) is 0 Å². The molecule has 2 heterocycles. The fourth-order valence-corrected chi connectivity index (χ4v) is 2.99. The van der Waals surface area contributed by atoms with E-state index in [4.69, 9.17) is 5.73 Å². The van der Waals surface area contributed by atoms with Crippen molar-refractivity contribution in [2.45, 2.75) is 18.5 Å². The summed E-state index contributed by atoms with van der Waals surface area (Å²) >= 11 is 0. The molecule has 0 fully saturated rings. The maximum atomic E-state index is 12.5. The number of rotatable bonds is 3. The molecule has 1 aromatic carbocycles. The van der Waals surface area contributed by atoms with Gasteiger partial charge in [0.1, 0.15) is 5.69 Å². The van der Waals surface area contributed by atoms with Crippen molar-refractivity contribution in [2.75, 3.05) is 0 Å². The second kappa shape index (κ2) is 7.00. The van der Waals surface area contributed by atoms with Crippen molar-refractivity contribution < 1.29 is 4.79 Å². The lowest BCUT2D eigenvalue weighted by atomic mass is 10.1. The van der Waals surface area contributed by atoms with Gasteiger partial charge >= 0.3 is 0 Å². The van der Waals surface area contributed by atoms with Gasteiger partial charge in [0.05, 0.1) is 24.5 Å². The summed E-state index contributed by atoms with van der Waals surface area (Å²) in [5, 5.41) is 7.06. The van der Waals surface area contributed by atoms with Crippen LogP contribution in [0.3, 0.4) is 0 Å². The number of benzene rings is 1. The van der Waals surface area contributed by atoms with Gasteiger partial charge in [-0.3, -0.25) is 9.78 Å². The number of nitrogens with zero attached hydrogens (tertiary/aromatic N) is 4. The zero-order valence-corrected chi connectivity index (χ0v) is 14.1. The molecule has 0 spiro atoms. The predicted molar refractivity (Wildman–Crippen MR) is 94.7 cm³/mol. The Labute approximate surface area is 150 Å². The van der Waals surface area contributed by atoms with E-state index in [9.17, 15) is 4.79 Å². The van der Waals surface area contributed by atoms with Crippen LogP contribution in [0, 0.1) is 0 Å². The molecule has 0 saturated carbocycles. The molecule has 4 rings (SSSR count). The molecular formula is C17H17ClN6O. The smallest absolute Gasteiger partial charge is 0.271 e. The van der Waals surface area contributed by atoms with Crippen molar-refractivity contribution >= 4 is 18.3 Å². The van der Waals surface area contributed by atoms with E-state index < -0.39 is 0 Å². The Hall–Kier alpha value is -2.77. The predicted octanol–water partition coefficient (Wildman–Crippen LogP) is 1.44. The van der Waals surface area contributed by atoms with Crippen LogP contribution >= 0.6 is 12.4 Å². The number of fused-ring (bicyclic) bond motifs is 1. The van der Waals surface area contributed by atoms with Crippen LogP contribution in [0.5, 0.6) is 0 Å². The fourth-order valence-electron chi connectivity index (χ4n) is 2.99. The number of hydrogen-bond donors (Lipinski definition) is 2. The van der Waals surface area contributed by atoms with Gasteiger partial charge in [0.15, 0.2) is 5.82 Å². The van der Waals surface area contributed by atoms with Gasteiger partial charge < -0.3 is 11.1 Å². The van der Waals surface area contributed by atoms with E-state index in [1.54, 1.807) is 29.3 Å². The lowest BCUT2D eigenvalue weighted by Crippen LogP contribution is -2.41. The van der Waals surface area contributed by atoms with Crippen molar-refractivity contribution in [2.24, 2.45) is 5.73 Å². The van der Waals surface area contributed by atoms with Crippen LogP contribution in [0.2, 0.25) is 0 Å². The highest BCUT2D eigenvalue weighted by atomic mass is 35.5. The summed E-state index contributed by atoms with van der Waals surface area (Å²) in [5.41, 5.74) is 8.76. The van der Waals surface area contributed by atoms with Gasteiger partial charge in [-0.1, -0.05) is 24.3 Å². The maximum Gasteiger partial charge on any atom is 0.271 e. The van der Waals surface area contributed by atoms with E-state index in [-0.39, 0.29) is 36.1 Å². The summed E-state index contributed by atoms with van der Waals surface area (Å²) in [4.78, 5) is 20.9. The zero-order chi connectivity index (χ0) is 16.5. The van der Waals surface area contributed by atoms with E-state index in [2.05, 4.69) is 20.4 Å². The van der Waals surface area contributed by atoms with Crippen LogP contribution in [0.1, 0.15) is 27.7 Å². The molecule has 2 atom stereocenters. The first-order chi connectivity index (χ1) is 11.7. The highest BCUT2D eigenvalue weighted by molar-refractivity contribution is 5.92. The minimum Gasteiger partial charge on any atom is -0.346 e. The molecule has 0 aliphatic heterocycles. The lowest BCUT2D eigenvalue weighted by molar-refractivity contribution is 0.0928. The molecule has 1 aliphatic rings. The van der Waals surface area contributed by atoms with Crippen LogP contribution in [-0.4, -0.2) is 31.7 Å². The van der Waals surface area contributed by atoms with Gasteiger partial charge in [0.25, 0.3) is 5.91 Å². The third kappa shape index (κ3) is 3.24. The van der Waals surface area contributed by atoms with Crippen LogP contribution in [0.4, 0.5) is 0 Å². The van der Waals surface area contributed by atoms with Gasteiger partial charge in [-0.2, -0.15) is 5.10 Å². The van der Waals surface area contributed by atoms with E-state index in [0.29, 0.717) is 5.82 Å². The number of carbonyl (C=O) groups excluding carboxylic acids is 1. The lowest BCUT2D eigenvalue weighted by Gasteiger charge is -2.17. The number of carbonyl (C=O) groups is 1. The van der Waals surface area contributed by atoms with E-state index in [0.717, 1.165) is 12.0 Å². The number of nitrogens with one attached hydrogen (secondary N) is 1. The van der Waals surface area contributed by atoms with Crippen molar-refractivity contribution in [1.82, 2.24) is 25.1 Å². The Morgan fingerprint density at radius 2 is 2.08 bits per heavy atom. The number of nitrogens with two attached hydrogens (primary N) is 1. The minimum atomic E-state index is -0.287. The van der Waals surface area contributed by atoms with Gasteiger partial charge in [-0.25, -0.2) is 9.67 Å². The molecule has 3 aromatic rings. The van der Waals surface area contributed by atoms with E-state index >= 15 is 0 Å². The summed E-state index contributed by atoms with van der Waals surface area (Å²) in [6, 6.07) is 9.40. The van der Waals surface area contributed by atoms with Gasteiger partial charge in [0, 0.05) is 12.4 Å². The third-order valence-electron chi connectivity index (χ3n) is 4.20. The Balaban J connectivity index is 0.00000182. The summed E-state index contributed by atoms with van der Waals surface area (Å²) in [6.45, 7) is 0. The molecule has 1 amide bonds. The van der Waals surface area contributed by atoms with Gasteiger partial charge in [0.2, 0.25) is 0 Å². The normalized spacial score (nSPS) is 18.3. The molecule has 2 aromatic heterocycles. The molecule has 7 nitrogen and oxygen atoms in total. The average Bonchev–Trinajstić information content (AvgIpc) is 3.25. The van der Waals surface area contributed by atoms with Crippen molar-refractivity contribution in [3.63, 3.8) is 0 Å². The largest absolute Gasteiger partial charge is 0.346 e. The standard InChI is InChI=1S/C17H16N6O.ClH/c18-16-12-5-2-1-4-11(12)8-13(16)22-17(24)14-9-19-10-15(21-14)23-7-3-6-20-23;/h1-7,9-10,13,16H,8,18H2,(H,22,24);1H/t13-,16-;/m1./s1. The summed E-state index contributed by atoms with van der Waals surface area (Å²) < 4.78 is 1.56. The second-order valence-electron chi connectivity index (χ2n) is 5.72. The number of halogens is 1. The Bertz CT molecular complexity index is 882. The molecule has 128 valence electrons. The van der Waals surface area contributed by atoms with Crippen molar-refractivity contribution in [3.05, 3.63) is 71.9 Å². The molecule has 3 N–H and O–H groups in total. The van der Waals surface area contributed by atoms with Gasteiger partial charge in [-0.15, -0.1) is 12.4 Å². The Morgan fingerprint density at radius 3 is 2.84 bits per heavy atom. The van der Waals surface area contributed by atoms with E-state index in [1.807, 2.05) is 24.3 Å². The number of aromatic nitrogens is 4. The SMILES string of the molecule is Cl.N[C@@H]1c2ccccc2C[C@H]1NC(=O)c1cncc(-n2cccn2)n1. The maximum absolute atomic E-state index is 12.5. The van der Waals surface area contributed by atoms with Gasteiger partial charge in [-0.05, 0) is 23.6 Å². The third-order valence-corrected chi connectivity index (χ3v) is 4.20. The van der Waals surface area contributed by atoms with Crippen molar-refractivity contribution in [3.8, 4) is 5.82 Å². The molecule has 0 unspecified atom stereocenters. The molecular weight excluding hydrogens is 340 g/mol. The average molecular weight is 357 g/mol. The van der Waals surface area contributed by atoms with Crippen LogP contribution in [0.25, 0.3) is 5.82 Å². The Morgan fingerprint density at radius 1 is 1.24 bits per heavy atom. The van der Waals surface area contributed by atoms with Crippen LogP contribution < -0.4 is 11.1 Å². The molecule has 0 radical (unpaired) electrons. The first kappa shape index (κ1) is 17.1. The first-order valence-corrected chi connectivity index (χ1v) is 7.68. The minimum absolute atomic E-state index is 0. The highest BCUT2D eigenvalue weighted by Crippen LogP contribution is 2.29. The molecule has 0 bridgehead atoms. The zero-order valence-electron chi connectivity index (χ0n) is 13.2. The van der Waals surface area contributed by atoms with Crippen LogP contribution in [-0.2, 0) is 6.42 Å². The number of amides is 1. The monoisotopic (exact) mass is 356 g/mol. The Kier molecular flexibility index (Phi) is 4.78. The number of hydrogen-bond acceptors (Lipinski definition) is 5. The first-order valence-electron chi connectivity index (χ1n) is 7.68. The quantitative estimate of drug-likeness (QED) is 0.739. The summed E-state index contributed by atoms with van der Waals surface area (Å²) in [7, 11) is 0. The van der Waals surface area contributed by atoms with E-state index in [1.165, 1.54) is 11.8 Å². The molecule has 1 aliphatic carbocycles. The van der Waals surface area contributed by atoms with Crippen LogP contribution in [0.15, 0.2) is 55.1 Å². The molecule has 25 heavy (non-hydrogen) atoms.